The third kappa shape index (κ3) is 7.31. The molecule has 0 aliphatic heterocycles. The summed E-state index contributed by atoms with van der Waals surface area (Å²) in [5.74, 6) is -1.35. The fraction of sp³-hybridized carbons (Fsp3) is 0.231. The molecule has 0 aliphatic rings. The molecule has 0 fully saturated rings. The lowest BCUT2D eigenvalue weighted by Gasteiger charge is -2.32. The number of nitrogens with one attached hydrogen (secondary N) is 1. The second kappa shape index (κ2) is 12.4. The van der Waals surface area contributed by atoms with Crippen LogP contribution in [0.1, 0.15) is 18.1 Å². The number of sulfonamides is 1. The molecule has 1 N–H and O–H groups in total. The van der Waals surface area contributed by atoms with Crippen molar-refractivity contribution in [3.05, 3.63) is 93.4 Å². The Balaban J connectivity index is 2.12. The molecule has 0 bridgehead atoms. The minimum absolute atomic E-state index is 0.0732. The SMILES string of the molecule is CNC(=O)[C@@H](C)N(Cc1ccc(Br)cc1)C(=O)CN(c1cc(C(F)(F)F)ccc1Cl)S(=O)(=O)c1ccccc1. The molecule has 3 aromatic carbocycles. The van der Waals surface area contributed by atoms with Crippen LogP contribution in [0.15, 0.2) is 82.2 Å². The van der Waals surface area contributed by atoms with Crippen molar-refractivity contribution in [3.8, 4) is 0 Å². The molecule has 0 spiro atoms. The number of hydrogen-bond donors (Lipinski definition) is 1. The average Bonchev–Trinajstić information content (AvgIpc) is 2.90. The van der Waals surface area contributed by atoms with Crippen LogP contribution in [-0.2, 0) is 32.3 Å². The zero-order valence-corrected chi connectivity index (χ0v) is 23.9. The summed E-state index contributed by atoms with van der Waals surface area (Å²) in [7, 11) is -3.19. The first kappa shape index (κ1) is 30.5. The lowest BCUT2D eigenvalue weighted by atomic mass is 10.1. The van der Waals surface area contributed by atoms with Gasteiger partial charge in [-0.25, -0.2) is 8.42 Å². The molecule has 3 rings (SSSR count). The van der Waals surface area contributed by atoms with E-state index >= 15 is 0 Å². The molecule has 0 unspecified atom stereocenters. The van der Waals surface area contributed by atoms with E-state index < -0.39 is 51.9 Å². The minimum Gasteiger partial charge on any atom is -0.357 e. The number of likely N-dealkylation sites (N-methyl/N-ethyl adjacent to an activating group) is 1. The summed E-state index contributed by atoms with van der Waals surface area (Å²) in [5, 5.41) is 2.14. The largest absolute Gasteiger partial charge is 0.416 e. The number of nitrogens with zero attached hydrogens (tertiary/aromatic N) is 2. The molecule has 0 aromatic heterocycles. The summed E-state index contributed by atoms with van der Waals surface area (Å²) < 4.78 is 69.3. The number of amides is 2. The number of rotatable bonds is 9. The molecule has 0 saturated carbocycles. The maximum Gasteiger partial charge on any atom is 0.416 e. The average molecular weight is 647 g/mol. The highest BCUT2D eigenvalue weighted by Crippen LogP contribution is 2.37. The van der Waals surface area contributed by atoms with E-state index in [9.17, 15) is 31.2 Å². The Morgan fingerprint density at radius 2 is 1.64 bits per heavy atom. The maximum atomic E-state index is 13.7. The normalized spacial score (nSPS) is 12.5. The summed E-state index contributed by atoms with van der Waals surface area (Å²) in [5.41, 5.74) is -1.04. The predicted octanol–water partition coefficient (Wildman–Crippen LogP) is 5.48. The van der Waals surface area contributed by atoms with Gasteiger partial charge in [-0.05, 0) is 55.0 Å². The fourth-order valence-electron chi connectivity index (χ4n) is 3.69. The van der Waals surface area contributed by atoms with Crippen molar-refractivity contribution in [1.82, 2.24) is 10.2 Å². The van der Waals surface area contributed by atoms with Gasteiger partial charge < -0.3 is 10.2 Å². The van der Waals surface area contributed by atoms with E-state index in [0.717, 1.165) is 15.4 Å². The van der Waals surface area contributed by atoms with Crippen LogP contribution < -0.4 is 9.62 Å². The first-order valence-electron chi connectivity index (χ1n) is 11.5. The number of carbonyl (C=O) groups excluding carboxylic acids is 2. The molecular formula is C26H24BrClF3N3O4S. The smallest absolute Gasteiger partial charge is 0.357 e. The van der Waals surface area contributed by atoms with Crippen LogP contribution in [0.4, 0.5) is 18.9 Å². The second-order valence-electron chi connectivity index (χ2n) is 8.43. The Labute approximate surface area is 237 Å². The van der Waals surface area contributed by atoms with Crippen molar-refractivity contribution in [1.29, 1.82) is 0 Å². The van der Waals surface area contributed by atoms with E-state index in [1.54, 1.807) is 30.3 Å². The first-order valence-corrected chi connectivity index (χ1v) is 14.1. The van der Waals surface area contributed by atoms with Gasteiger partial charge in [-0.15, -0.1) is 0 Å². The molecule has 0 heterocycles. The van der Waals surface area contributed by atoms with Crippen molar-refractivity contribution < 1.29 is 31.2 Å². The van der Waals surface area contributed by atoms with E-state index in [0.29, 0.717) is 22.0 Å². The van der Waals surface area contributed by atoms with Crippen molar-refractivity contribution in [2.45, 2.75) is 30.6 Å². The highest BCUT2D eigenvalue weighted by Gasteiger charge is 2.36. The Morgan fingerprint density at radius 1 is 1.03 bits per heavy atom. The van der Waals surface area contributed by atoms with Crippen molar-refractivity contribution in [2.24, 2.45) is 0 Å². The van der Waals surface area contributed by atoms with E-state index in [1.165, 1.54) is 38.2 Å². The number of benzene rings is 3. The van der Waals surface area contributed by atoms with Gasteiger partial charge in [0.25, 0.3) is 10.0 Å². The molecule has 13 heteroatoms. The molecule has 3 aromatic rings. The molecule has 7 nitrogen and oxygen atoms in total. The number of anilines is 1. The van der Waals surface area contributed by atoms with Crippen LogP contribution in [0.2, 0.25) is 5.02 Å². The van der Waals surface area contributed by atoms with E-state index in [2.05, 4.69) is 21.2 Å². The standard InChI is InChI=1S/C26H24BrClF3N3O4S/c1-17(25(36)32-2)33(15-18-8-11-20(27)12-9-18)24(35)16-34(39(37,38)21-6-4-3-5-7-21)23-14-19(26(29,30)31)10-13-22(23)28/h3-14,17H,15-16H2,1-2H3,(H,32,36)/t17-/m1/s1. The lowest BCUT2D eigenvalue weighted by Crippen LogP contribution is -2.50. The summed E-state index contributed by atoms with van der Waals surface area (Å²) >= 11 is 9.53. The monoisotopic (exact) mass is 645 g/mol. The van der Waals surface area contributed by atoms with Crippen molar-refractivity contribution in [2.75, 3.05) is 17.9 Å². The minimum atomic E-state index is -4.80. The molecule has 0 saturated heterocycles. The van der Waals surface area contributed by atoms with Gasteiger partial charge in [-0.2, -0.15) is 13.2 Å². The highest BCUT2D eigenvalue weighted by molar-refractivity contribution is 9.10. The van der Waals surface area contributed by atoms with Crippen LogP contribution in [0.3, 0.4) is 0 Å². The van der Waals surface area contributed by atoms with Gasteiger partial charge in [0, 0.05) is 18.1 Å². The topological polar surface area (TPSA) is 86.8 Å². The second-order valence-corrected chi connectivity index (χ2v) is 11.6. The van der Waals surface area contributed by atoms with Gasteiger partial charge in [0.05, 0.1) is 21.2 Å². The molecular weight excluding hydrogens is 623 g/mol. The number of halogens is 5. The number of carbonyl (C=O) groups is 2. The summed E-state index contributed by atoms with van der Waals surface area (Å²) in [6.07, 6.45) is -4.80. The Kier molecular flexibility index (Phi) is 9.68. The fourth-order valence-corrected chi connectivity index (χ4v) is 5.67. The first-order chi connectivity index (χ1) is 18.3. The van der Waals surface area contributed by atoms with Gasteiger partial charge in [0.1, 0.15) is 12.6 Å². The van der Waals surface area contributed by atoms with E-state index in [4.69, 9.17) is 11.6 Å². The highest BCUT2D eigenvalue weighted by atomic mass is 79.9. The van der Waals surface area contributed by atoms with Crippen LogP contribution in [-0.4, -0.2) is 44.8 Å². The van der Waals surface area contributed by atoms with Gasteiger partial charge >= 0.3 is 6.18 Å². The van der Waals surface area contributed by atoms with Crippen molar-refractivity contribution >= 4 is 55.1 Å². The third-order valence-corrected chi connectivity index (χ3v) is 8.45. The lowest BCUT2D eigenvalue weighted by molar-refractivity contribution is -0.139. The van der Waals surface area contributed by atoms with Crippen LogP contribution in [0.5, 0.6) is 0 Å². The molecule has 1 atom stereocenters. The zero-order valence-electron chi connectivity index (χ0n) is 20.7. The predicted molar refractivity (Wildman–Crippen MR) is 146 cm³/mol. The zero-order chi connectivity index (χ0) is 29.0. The van der Waals surface area contributed by atoms with E-state index in [-0.39, 0.29) is 16.5 Å². The van der Waals surface area contributed by atoms with E-state index in [1.807, 2.05) is 0 Å². The third-order valence-electron chi connectivity index (χ3n) is 5.83. The summed E-state index contributed by atoms with van der Waals surface area (Å²) in [4.78, 5) is 27.1. The van der Waals surface area contributed by atoms with Gasteiger partial charge in [0.2, 0.25) is 11.8 Å². The van der Waals surface area contributed by atoms with Gasteiger partial charge in [0.15, 0.2) is 0 Å². The Morgan fingerprint density at radius 3 is 2.21 bits per heavy atom. The summed E-state index contributed by atoms with van der Waals surface area (Å²) in [6.45, 7) is 0.468. The van der Waals surface area contributed by atoms with Gasteiger partial charge in [-0.3, -0.25) is 13.9 Å². The van der Waals surface area contributed by atoms with Gasteiger partial charge in [-0.1, -0.05) is 57.9 Å². The number of alkyl halides is 3. The maximum absolute atomic E-state index is 13.7. The molecule has 0 aliphatic carbocycles. The summed E-state index contributed by atoms with van der Waals surface area (Å²) in [6, 6.07) is 15.0. The van der Waals surface area contributed by atoms with Crippen LogP contribution in [0.25, 0.3) is 0 Å². The number of hydrogen-bond acceptors (Lipinski definition) is 4. The Hall–Kier alpha value is -3.09. The molecule has 0 radical (unpaired) electrons. The Bertz CT molecular complexity index is 1440. The molecule has 208 valence electrons. The quantitative estimate of drug-likeness (QED) is 0.334. The van der Waals surface area contributed by atoms with Crippen molar-refractivity contribution in [3.63, 3.8) is 0 Å². The molecule has 39 heavy (non-hydrogen) atoms. The van der Waals surface area contributed by atoms with Crippen LogP contribution >= 0.6 is 27.5 Å². The molecule has 2 amide bonds. The van der Waals surface area contributed by atoms with Crippen LogP contribution in [0, 0.1) is 0 Å².